The average molecular weight is 342 g/mol. The molecule has 2 aromatic heterocycles. The summed E-state index contributed by atoms with van der Waals surface area (Å²) >= 11 is 6.57. The van der Waals surface area contributed by atoms with Crippen molar-refractivity contribution in [2.45, 2.75) is 20.8 Å². The highest BCUT2D eigenvalue weighted by Gasteiger charge is 2.25. The van der Waals surface area contributed by atoms with Gasteiger partial charge in [-0.05, 0) is 45.0 Å². The Bertz CT molecular complexity index is 927. The summed E-state index contributed by atoms with van der Waals surface area (Å²) in [5.74, 6) is 1.38. The number of methoxy groups -OCH3 is 1. The molecule has 0 aliphatic heterocycles. The van der Waals surface area contributed by atoms with Crippen LogP contribution >= 0.6 is 11.6 Å². The molecule has 0 saturated heterocycles. The Morgan fingerprint density at radius 3 is 2.38 bits per heavy atom. The number of hydrogen-bond acceptors (Lipinski definition) is 4. The fraction of sp³-hybridized carbons (Fsp3) is 0.222. The highest BCUT2D eigenvalue weighted by Crippen LogP contribution is 2.39. The number of benzene rings is 1. The third kappa shape index (κ3) is 2.36. The van der Waals surface area contributed by atoms with E-state index in [0.29, 0.717) is 22.2 Å². The van der Waals surface area contributed by atoms with E-state index in [2.05, 4.69) is 11.2 Å². The van der Waals surface area contributed by atoms with Crippen molar-refractivity contribution in [3.8, 4) is 28.8 Å². The van der Waals surface area contributed by atoms with Crippen LogP contribution in [0, 0.1) is 32.1 Å². The SMILES string of the molecule is COc1ccc(-c2c(Cl)c(C)c(C#N)n2-c2c(C)noc2C)cc1. The topological polar surface area (TPSA) is 64.0 Å². The lowest BCUT2D eigenvalue weighted by molar-refractivity contribution is 0.393. The number of halogens is 1. The Morgan fingerprint density at radius 1 is 1.21 bits per heavy atom. The van der Waals surface area contributed by atoms with E-state index < -0.39 is 0 Å². The van der Waals surface area contributed by atoms with Crippen molar-refractivity contribution in [2.24, 2.45) is 0 Å². The van der Waals surface area contributed by atoms with E-state index in [1.54, 1.807) is 7.11 Å². The zero-order valence-electron chi connectivity index (χ0n) is 13.8. The molecule has 3 aromatic rings. The fourth-order valence-electron chi connectivity index (χ4n) is 2.82. The van der Waals surface area contributed by atoms with Gasteiger partial charge >= 0.3 is 0 Å². The smallest absolute Gasteiger partial charge is 0.157 e. The van der Waals surface area contributed by atoms with E-state index in [0.717, 1.165) is 28.3 Å². The largest absolute Gasteiger partial charge is 0.497 e. The Hall–Kier alpha value is -2.71. The Balaban J connectivity index is 2.36. The van der Waals surface area contributed by atoms with Gasteiger partial charge in [0.1, 0.15) is 28.9 Å². The third-order valence-corrected chi connectivity index (χ3v) is 4.49. The van der Waals surface area contributed by atoms with Crippen molar-refractivity contribution in [3.63, 3.8) is 0 Å². The lowest BCUT2D eigenvalue weighted by atomic mass is 10.1. The zero-order valence-corrected chi connectivity index (χ0v) is 14.6. The molecule has 5 nitrogen and oxygen atoms in total. The van der Waals surface area contributed by atoms with E-state index in [1.165, 1.54) is 0 Å². The summed E-state index contributed by atoms with van der Waals surface area (Å²) in [6.45, 7) is 5.49. The van der Waals surface area contributed by atoms with Crippen LogP contribution in [0.25, 0.3) is 16.9 Å². The number of rotatable bonds is 3. The number of aromatic nitrogens is 2. The van der Waals surface area contributed by atoms with Crippen LogP contribution in [0.5, 0.6) is 5.75 Å². The van der Waals surface area contributed by atoms with Gasteiger partial charge in [-0.3, -0.25) is 4.57 Å². The van der Waals surface area contributed by atoms with Crippen molar-refractivity contribution in [1.82, 2.24) is 9.72 Å². The van der Waals surface area contributed by atoms with Crippen molar-refractivity contribution in [3.05, 3.63) is 52.0 Å². The van der Waals surface area contributed by atoms with E-state index in [-0.39, 0.29) is 0 Å². The molecule has 2 heterocycles. The van der Waals surface area contributed by atoms with Crippen molar-refractivity contribution >= 4 is 11.6 Å². The average Bonchev–Trinajstić information content (AvgIpc) is 3.04. The molecule has 1 aromatic carbocycles. The first kappa shape index (κ1) is 16.2. The van der Waals surface area contributed by atoms with Gasteiger partial charge < -0.3 is 9.26 Å². The van der Waals surface area contributed by atoms with E-state index >= 15 is 0 Å². The first-order valence-corrected chi connectivity index (χ1v) is 7.76. The Kier molecular flexibility index (Phi) is 4.08. The molecule has 0 fully saturated rings. The molecule has 24 heavy (non-hydrogen) atoms. The summed E-state index contributed by atoms with van der Waals surface area (Å²) < 4.78 is 12.3. The number of nitrogens with zero attached hydrogens (tertiary/aromatic N) is 3. The summed E-state index contributed by atoms with van der Waals surface area (Å²) in [5, 5.41) is 14.2. The van der Waals surface area contributed by atoms with Gasteiger partial charge in [0, 0.05) is 11.1 Å². The van der Waals surface area contributed by atoms with E-state index in [4.69, 9.17) is 20.9 Å². The molecule has 0 bridgehead atoms. The van der Waals surface area contributed by atoms with Gasteiger partial charge in [-0.25, -0.2) is 0 Å². The molecule has 122 valence electrons. The molecule has 0 amide bonds. The molecule has 3 rings (SSSR count). The van der Waals surface area contributed by atoms with Crippen LogP contribution in [0.15, 0.2) is 28.8 Å². The molecule has 0 spiro atoms. The maximum absolute atomic E-state index is 9.65. The second kappa shape index (κ2) is 6.06. The predicted octanol–water partition coefficient (Wildman–Crippen LogP) is 4.59. The van der Waals surface area contributed by atoms with Crippen LogP contribution in [0.3, 0.4) is 0 Å². The molecule has 0 radical (unpaired) electrons. The van der Waals surface area contributed by atoms with Gasteiger partial charge in [-0.15, -0.1) is 0 Å². The number of aryl methyl sites for hydroxylation is 2. The van der Waals surface area contributed by atoms with Crippen molar-refractivity contribution < 1.29 is 9.26 Å². The molecule has 0 saturated carbocycles. The Labute approximate surface area is 145 Å². The molecule has 0 atom stereocenters. The van der Waals surface area contributed by atoms with Crippen LogP contribution in [0.4, 0.5) is 0 Å². The van der Waals surface area contributed by atoms with Gasteiger partial charge in [0.15, 0.2) is 5.76 Å². The summed E-state index contributed by atoms with van der Waals surface area (Å²) in [6.07, 6.45) is 0. The van der Waals surface area contributed by atoms with Gasteiger partial charge in [-0.2, -0.15) is 5.26 Å². The minimum atomic E-state index is 0.472. The van der Waals surface area contributed by atoms with Gasteiger partial charge in [0.05, 0.1) is 17.8 Å². The van der Waals surface area contributed by atoms with E-state index in [9.17, 15) is 5.26 Å². The molecule has 6 heteroatoms. The van der Waals surface area contributed by atoms with Crippen LogP contribution in [-0.2, 0) is 0 Å². The van der Waals surface area contributed by atoms with Gasteiger partial charge in [0.25, 0.3) is 0 Å². The molecule has 0 N–H and O–H groups in total. The number of hydrogen-bond donors (Lipinski definition) is 0. The molecule has 0 aliphatic carbocycles. The number of ether oxygens (including phenoxy) is 1. The fourth-order valence-corrected chi connectivity index (χ4v) is 3.10. The number of nitriles is 1. The second-order valence-electron chi connectivity index (χ2n) is 5.48. The molecule has 0 unspecified atom stereocenters. The maximum atomic E-state index is 9.65. The van der Waals surface area contributed by atoms with Crippen LogP contribution in [0.2, 0.25) is 5.02 Å². The summed E-state index contributed by atoms with van der Waals surface area (Å²) in [6, 6.07) is 9.79. The lowest BCUT2D eigenvalue weighted by Crippen LogP contribution is -2.02. The Morgan fingerprint density at radius 2 is 1.88 bits per heavy atom. The maximum Gasteiger partial charge on any atom is 0.157 e. The quantitative estimate of drug-likeness (QED) is 0.698. The van der Waals surface area contributed by atoms with Crippen LogP contribution < -0.4 is 4.74 Å². The van der Waals surface area contributed by atoms with Gasteiger partial charge in [-0.1, -0.05) is 16.8 Å². The third-order valence-electron chi connectivity index (χ3n) is 4.03. The zero-order chi connectivity index (χ0) is 17.4. The highest BCUT2D eigenvalue weighted by molar-refractivity contribution is 6.34. The summed E-state index contributed by atoms with van der Waals surface area (Å²) in [5.41, 5.74) is 4.26. The highest BCUT2D eigenvalue weighted by atomic mass is 35.5. The first-order valence-electron chi connectivity index (χ1n) is 7.38. The predicted molar refractivity (Wildman–Crippen MR) is 91.8 cm³/mol. The molecule has 0 aliphatic rings. The molecular weight excluding hydrogens is 326 g/mol. The first-order chi connectivity index (χ1) is 11.5. The second-order valence-corrected chi connectivity index (χ2v) is 5.86. The standard InChI is InChI=1S/C18H16ClN3O2/c1-10-15(9-20)22(17-11(2)21-24-12(17)3)18(16(10)19)13-5-7-14(23-4)8-6-13/h5-8H,1-4H3. The summed E-state index contributed by atoms with van der Waals surface area (Å²) in [7, 11) is 1.62. The monoisotopic (exact) mass is 341 g/mol. The molecular formula is C18H16ClN3O2. The minimum Gasteiger partial charge on any atom is -0.497 e. The minimum absolute atomic E-state index is 0.472. The van der Waals surface area contributed by atoms with Crippen LogP contribution in [-0.4, -0.2) is 16.8 Å². The normalized spacial score (nSPS) is 10.7. The van der Waals surface area contributed by atoms with Crippen LogP contribution in [0.1, 0.15) is 22.7 Å². The summed E-state index contributed by atoms with van der Waals surface area (Å²) in [4.78, 5) is 0. The van der Waals surface area contributed by atoms with Crippen molar-refractivity contribution in [2.75, 3.05) is 7.11 Å². The van der Waals surface area contributed by atoms with Crippen molar-refractivity contribution in [1.29, 1.82) is 5.26 Å². The van der Waals surface area contributed by atoms with E-state index in [1.807, 2.05) is 49.6 Å². The van der Waals surface area contributed by atoms with Gasteiger partial charge in [0.2, 0.25) is 0 Å². The lowest BCUT2D eigenvalue weighted by Gasteiger charge is -2.11.